The Labute approximate surface area is 153 Å². The van der Waals surface area contributed by atoms with Crippen LogP contribution in [-0.4, -0.2) is 20.4 Å². The van der Waals surface area contributed by atoms with Crippen LogP contribution in [0.4, 0.5) is 5.69 Å². The summed E-state index contributed by atoms with van der Waals surface area (Å²) in [6, 6.07) is 14.2. The van der Waals surface area contributed by atoms with Crippen LogP contribution in [0.15, 0.2) is 53.4 Å². The molecule has 136 valence electrons. The monoisotopic (exact) mass is 370 g/mol. The lowest BCUT2D eigenvalue weighted by Gasteiger charge is -2.16. The molecule has 26 heavy (non-hydrogen) atoms. The van der Waals surface area contributed by atoms with Crippen LogP contribution in [0, 0.1) is 6.92 Å². The van der Waals surface area contributed by atoms with Crippen LogP contribution in [0.5, 0.6) is 0 Å². The first-order valence-electron chi connectivity index (χ1n) is 8.90. The molecular weight excluding hydrogens is 348 g/mol. The second-order valence-electron chi connectivity index (χ2n) is 7.33. The number of anilines is 1. The van der Waals surface area contributed by atoms with Crippen molar-refractivity contribution in [3.05, 3.63) is 59.7 Å². The predicted molar refractivity (Wildman–Crippen MR) is 101 cm³/mol. The van der Waals surface area contributed by atoms with E-state index < -0.39 is 15.4 Å². The molecule has 0 radical (unpaired) electrons. The first-order chi connectivity index (χ1) is 12.4. The first kappa shape index (κ1) is 17.1. The summed E-state index contributed by atoms with van der Waals surface area (Å²) in [6.45, 7) is 1.91. The van der Waals surface area contributed by atoms with E-state index in [1.807, 2.05) is 19.1 Å². The number of rotatable bonds is 6. The lowest BCUT2D eigenvalue weighted by molar-refractivity contribution is -0.123. The van der Waals surface area contributed by atoms with Crippen LogP contribution in [0.25, 0.3) is 0 Å². The van der Waals surface area contributed by atoms with Gasteiger partial charge in [0.2, 0.25) is 5.91 Å². The van der Waals surface area contributed by atoms with E-state index in [-0.39, 0.29) is 10.8 Å². The van der Waals surface area contributed by atoms with Crippen LogP contribution in [0.1, 0.15) is 36.8 Å². The molecule has 2 aliphatic carbocycles. The van der Waals surface area contributed by atoms with E-state index in [1.165, 1.54) is 0 Å². The van der Waals surface area contributed by atoms with E-state index in [4.69, 9.17) is 0 Å². The minimum Gasteiger partial charge on any atom is -0.353 e. The third kappa shape index (κ3) is 3.33. The molecule has 5 nitrogen and oxygen atoms in total. The van der Waals surface area contributed by atoms with Crippen LogP contribution < -0.4 is 10.0 Å². The van der Waals surface area contributed by atoms with Gasteiger partial charge in [0.15, 0.2) is 0 Å². The summed E-state index contributed by atoms with van der Waals surface area (Å²) < 4.78 is 27.5. The van der Waals surface area contributed by atoms with Crippen molar-refractivity contribution < 1.29 is 13.2 Å². The molecule has 1 amide bonds. The number of carbonyl (C=O) groups excluding carboxylic acids is 1. The Kier molecular flexibility index (Phi) is 4.03. The summed E-state index contributed by atoms with van der Waals surface area (Å²) >= 11 is 0. The second-order valence-corrected chi connectivity index (χ2v) is 9.01. The van der Waals surface area contributed by atoms with Gasteiger partial charge in [0, 0.05) is 11.7 Å². The molecule has 0 unspecified atom stereocenters. The van der Waals surface area contributed by atoms with Gasteiger partial charge in [0.1, 0.15) is 0 Å². The molecule has 2 aromatic carbocycles. The van der Waals surface area contributed by atoms with Gasteiger partial charge >= 0.3 is 0 Å². The molecule has 0 spiro atoms. The molecule has 4 rings (SSSR count). The van der Waals surface area contributed by atoms with Crippen molar-refractivity contribution in [1.29, 1.82) is 0 Å². The molecule has 2 saturated carbocycles. The van der Waals surface area contributed by atoms with E-state index in [2.05, 4.69) is 10.0 Å². The lowest BCUT2D eigenvalue weighted by atomic mass is 9.95. The number of amides is 1. The number of nitrogens with one attached hydrogen (secondary N) is 2. The Balaban J connectivity index is 1.49. The number of hydrogen-bond donors (Lipinski definition) is 2. The molecule has 6 heteroatoms. The molecule has 2 aromatic rings. The second kappa shape index (κ2) is 6.13. The van der Waals surface area contributed by atoms with Gasteiger partial charge in [-0.25, -0.2) is 8.42 Å². The maximum absolute atomic E-state index is 12.5. The van der Waals surface area contributed by atoms with Gasteiger partial charge in [0.05, 0.1) is 10.3 Å². The third-order valence-corrected chi connectivity index (χ3v) is 6.52. The highest BCUT2D eigenvalue weighted by atomic mass is 32.2. The molecule has 0 bridgehead atoms. The van der Waals surface area contributed by atoms with Crippen molar-refractivity contribution >= 4 is 21.6 Å². The standard InChI is InChI=1S/C20H22N2O3S/c1-14-2-10-18(11-3-14)26(24,25)22-17-6-4-15(5-7-17)20(12-13-20)19(23)21-16-8-9-16/h2-7,10-11,16,22H,8-9,12-13H2,1H3,(H,21,23). The van der Waals surface area contributed by atoms with Crippen molar-refractivity contribution in [3.63, 3.8) is 0 Å². The summed E-state index contributed by atoms with van der Waals surface area (Å²) in [5.41, 5.74) is 2.03. The Hall–Kier alpha value is -2.34. The van der Waals surface area contributed by atoms with Crippen molar-refractivity contribution in [3.8, 4) is 0 Å². The fraction of sp³-hybridized carbons (Fsp3) is 0.350. The minimum atomic E-state index is -3.62. The fourth-order valence-electron chi connectivity index (χ4n) is 3.11. The molecule has 0 aromatic heterocycles. The van der Waals surface area contributed by atoms with E-state index in [1.54, 1.807) is 36.4 Å². The molecule has 2 N–H and O–H groups in total. The van der Waals surface area contributed by atoms with Gasteiger partial charge in [-0.05, 0) is 62.4 Å². The topological polar surface area (TPSA) is 75.3 Å². The van der Waals surface area contributed by atoms with Gasteiger partial charge in [-0.3, -0.25) is 9.52 Å². The number of sulfonamides is 1. The quantitative estimate of drug-likeness (QED) is 0.820. The lowest BCUT2D eigenvalue weighted by Crippen LogP contribution is -2.36. The summed E-state index contributed by atoms with van der Waals surface area (Å²) in [5, 5.41) is 3.08. The zero-order chi connectivity index (χ0) is 18.4. The van der Waals surface area contributed by atoms with Crippen LogP contribution in [-0.2, 0) is 20.2 Å². The van der Waals surface area contributed by atoms with Crippen molar-refractivity contribution in [2.45, 2.75) is 49.0 Å². The molecule has 2 fully saturated rings. The molecule has 0 saturated heterocycles. The van der Waals surface area contributed by atoms with Gasteiger partial charge in [0.25, 0.3) is 10.0 Å². The molecule has 2 aliphatic rings. The van der Waals surface area contributed by atoms with Gasteiger partial charge in [-0.2, -0.15) is 0 Å². The highest BCUT2D eigenvalue weighted by molar-refractivity contribution is 7.92. The SMILES string of the molecule is Cc1ccc(S(=O)(=O)Nc2ccc(C3(C(=O)NC4CC4)CC3)cc2)cc1. The Bertz CT molecular complexity index is 926. The highest BCUT2D eigenvalue weighted by Gasteiger charge is 2.52. The summed E-state index contributed by atoms with van der Waals surface area (Å²) in [4.78, 5) is 12.7. The number of aryl methyl sites for hydroxylation is 1. The maximum atomic E-state index is 12.5. The zero-order valence-corrected chi connectivity index (χ0v) is 15.5. The van der Waals surface area contributed by atoms with E-state index in [9.17, 15) is 13.2 Å². The zero-order valence-electron chi connectivity index (χ0n) is 14.7. The average Bonchev–Trinajstić information content (AvgIpc) is 3.50. The minimum absolute atomic E-state index is 0.105. The number of hydrogen-bond acceptors (Lipinski definition) is 3. The largest absolute Gasteiger partial charge is 0.353 e. The van der Waals surface area contributed by atoms with E-state index in [0.29, 0.717) is 11.7 Å². The Morgan fingerprint density at radius 3 is 2.15 bits per heavy atom. The van der Waals surface area contributed by atoms with Crippen LogP contribution >= 0.6 is 0 Å². The van der Waals surface area contributed by atoms with Gasteiger partial charge in [-0.1, -0.05) is 29.8 Å². The van der Waals surface area contributed by atoms with Gasteiger partial charge < -0.3 is 5.32 Å². The average molecular weight is 370 g/mol. The summed E-state index contributed by atoms with van der Waals surface area (Å²) in [6.07, 6.45) is 3.84. The van der Waals surface area contributed by atoms with Crippen molar-refractivity contribution in [1.82, 2.24) is 5.32 Å². The molecular formula is C20H22N2O3S. The van der Waals surface area contributed by atoms with E-state index in [0.717, 1.165) is 36.8 Å². The van der Waals surface area contributed by atoms with E-state index >= 15 is 0 Å². The summed E-state index contributed by atoms with van der Waals surface area (Å²) in [7, 11) is -3.62. The number of carbonyl (C=O) groups is 1. The predicted octanol–water partition coefficient (Wildman–Crippen LogP) is 3.11. The first-order valence-corrected chi connectivity index (χ1v) is 10.4. The Morgan fingerprint density at radius 2 is 1.62 bits per heavy atom. The number of benzene rings is 2. The molecule has 0 aliphatic heterocycles. The molecule has 0 heterocycles. The van der Waals surface area contributed by atoms with Crippen LogP contribution in [0.3, 0.4) is 0 Å². The molecule has 0 atom stereocenters. The summed E-state index contributed by atoms with van der Waals surface area (Å²) in [5.74, 6) is 0.105. The van der Waals surface area contributed by atoms with Gasteiger partial charge in [-0.15, -0.1) is 0 Å². The maximum Gasteiger partial charge on any atom is 0.261 e. The normalized spacial score (nSPS) is 18.2. The highest BCUT2D eigenvalue weighted by Crippen LogP contribution is 2.49. The van der Waals surface area contributed by atoms with Crippen LogP contribution in [0.2, 0.25) is 0 Å². The smallest absolute Gasteiger partial charge is 0.261 e. The van der Waals surface area contributed by atoms with Crippen molar-refractivity contribution in [2.75, 3.05) is 4.72 Å². The Morgan fingerprint density at radius 1 is 1.00 bits per heavy atom. The third-order valence-electron chi connectivity index (χ3n) is 5.12. The fourth-order valence-corrected chi connectivity index (χ4v) is 4.17. The van der Waals surface area contributed by atoms with Crippen molar-refractivity contribution in [2.24, 2.45) is 0 Å².